The van der Waals surface area contributed by atoms with Crippen molar-refractivity contribution in [2.24, 2.45) is 0 Å². The molecule has 4 N–H and O–H groups in total. The molecule has 1 rings (SSSR count). The van der Waals surface area contributed by atoms with Gasteiger partial charge in [0.05, 0.1) is 12.6 Å². The Labute approximate surface area is 82.1 Å². The molecule has 1 aliphatic rings. The summed E-state index contributed by atoms with van der Waals surface area (Å²) in [4.78, 5) is 10.0. The molecule has 1 aliphatic carbocycles. The van der Waals surface area contributed by atoms with Crippen LogP contribution in [0.25, 0.3) is 0 Å². The summed E-state index contributed by atoms with van der Waals surface area (Å²) < 4.78 is 0. The Hall–Kier alpha value is -0.750. The summed E-state index contributed by atoms with van der Waals surface area (Å²) in [6, 6.07) is 0. The van der Waals surface area contributed by atoms with Gasteiger partial charge >= 0.3 is 0 Å². The summed E-state index contributed by atoms with van der Waals surface area (Å²) in [7, 11) is 0. The quantitative estimate of drug-likeness (QED) is 0.244. The van der Waals surface area contributed by atoms with Gasteiger partial charge in [-0.3, -0.25) is 0 Å². The molecule has 14 heavy (non-hydrogen) atoms. The van der Waals surface area contributed by atoms with Crippen molar-refractivity contribution in [3.63, 3.8) is 0 Å². The van der Waals surface area contributed by atoms with E-state index in [1.807, 2.05) is 0 Å². The third kappa shape index (κ3) is 2.88. The Kier molecular flexibility index (Phi) is 4.21. The summed E-state index contributed by atoms with van der Waals surface area (Å²) in [5.41, 5.74) is 0.803. The van der Waals surface area contributed by atoms with Crippen molar-refractivity contribution in [2.45, 2.75) is 24.7 Å². The van der Waals surface area contributed by atoms with Crippen LogP contribution in [0, 0.1) is 0 Å². The first kappa shape index (κ1) is 11.3. The van der Waals surface area contributed by atoms with E-state index in [2.05, 4.69) is 5.32 Å². The van der Waals surface area contributed by atoms with Crippen molar-refractivity contribution in [3.8, 4) is 0 Å². The van der Waals surface area contributed by atoms with E-state index in [1.54, 1.807) is 0 Å². The minimum atomic E-state index is -1.11. The van der Waals surface area contributed by atoms with E-state index in [1.165, 1.54) is 6.08 Å². The molecule has 0 radical (unpaired) electrons. The van der Waals surface area contributed by atoms with E-state index in [0.29, 0.717) is 13.0 Å². The van der Waals surface area contributed by atoms with Gasteiger partial charge in [-0.05, 0) is 6.42 Å². The molecular formula is C9H15NO4. The van der Waals surface area contributed by atoms with Crippen LogP contribution in [0.5, 0.6) is 0 Å². The van der Waals surface area contributed by atoms with E-state index in [9.17, 15) is 20.1 Å². The van der Waals surface area contributed by atoms with Gasteiger partial charge in [0.1, 0.15) is 18.5 Å². The zero-order valence-corrected chi connectivity index (χ0v) is 7.76. The summed E-state index contributed by atoms with van der Waals surface area (Å²) in [6.07, 6.45) is -0.482. The van der Waals surface area contributed by atoms with Crippen molar-refractivity contribution >= 4 is 6.29 Å². The monoisotopic (exact) mass is 201 g/mol. The van der Waals surface area contributed by atoms with Crippen LogP contribution in [-0.4, -0.2) is 53.0 Å². The van der Waals surface area contributed by atoms with Gasteiger partial charge in [0.15, 0.2) is 0 Å². The molecule has 0 bridgehead atoms. The van der Waals surface area contributed by atoms with Gasteiger partial charge in [-0.15, -0.1) is 0 Å². The van der Waals surface area contributed by atoms with Crippen LogP contribution in [-0.2, 0) is 4.79 Å². The molecule has 0 spiro atoms. The third-order valence-corrected chi connectivity index (χ3v) is 2.20. The highest BCUT2D eigenvalue weighted by atomic mass is 16.4. The average Bonchev–Trinajstić information content (AvgIpc) is 2.14. The fourth-order valence-corrected chi connectivity index (χ4v) is 1.45. The third-order valence-electron chi connectivity index (χ3n) is 2.20. The number of carbonyl (C=O) groups is 1. The number of aliphatic hydroxyl groups excluding tert-OH is 3. The maximum atomic E-state index is 10.0. The minimum absolute atomic E-state index is 0.242. The summed E-state index contributed by atoms with van der Waals surface area (Å²) >= 11 is 0. The lowest BCUT2D eigenvalue weighted by Crippen LogP contribution is -2.41. The second kappa shape index (κ2) is 5.21. The number of carbonyl (C=O) groups excluding carboxylic acids is 1. The molecule has 0 heterocycles. The Balaban J connectivity index is 2.45. The number of rotatable bonds is 4. The Morgan fingerprint density at radius 2 is 2.21 bits per heavy atom. The predicted molar refractivity (Wildman–Crippen MR) is 49.7 cm³/mol. The molecule has 0 aromatic heterocycles. The highest BCUT2D eigenvalue weighted by Gasteiger charge is 2.28. The first-order valence-electron chi connectivity index (χ1n) is 4.53. The van der Waals surface area contributed by atoms with Gasteiger partial charge in [-0.2, -0.15) is 0 Å². The molecule has 5 heteroatoms. The van der Waals surface area contributed by atoms with Gasteiger partial charge in [-0.1, -0.05) is 11.6 Å². The van der Waals surface area contributed by atoms with Crippen molar-refractivity contribution in [2.75, 3.05) is 13.1 Å². The largest absolute Gasteiger partial charge is 0.390 e. The van der Waals surface area contributed by atoms with Gasteiger partial charge in [0, 0.05) is 6.54 Å². The summed E-state index contributed by atoms with van der Waals surface area (Å²) in [5.74, 6) is 0. The number of hydrogen-bond acceptors (Lipinski definition) is 5. The van der Waals surface area contributed by atoms with E-state index >= 15 is 0 Å². The normalized spacial score (nSPS) is 32.5. The maximum Gasteiger partial charge on any atom is 0.133 e. The van der Waals surface area contributed by atoms with E-state index in [-0.39, 0.29) is 6.54 Å². The van der Waals surface area contributed by atoms with Crippen molar-refractivity contribution in [1.82, 2.24) is 5.32 Å². The molecule has 80 valence electrons. The van der Waals surface area contributed by atoms with Crippen LogP contribution >= 0.6 is 0 Å². The zero-order valence-electron chi connectivity index (χ0n) is 7.76. The lowest BCUT2D eigenvalue weighted by molar-refractivity contribution is -0.107. The Morgan fingerprint density at radius 1 is 1.50 bits per heavy atom. The minimum Gasteiger partial charge on any atom is -0.390 e. The average molecular weight is 201 g/mol. The van der Waals surface area contributed by atoms with E-state index < -0.39 is 18.3 Å². The molecule has 3 unspecified atom stereocenters. The van der Waals surface area contributed by atoms with Crippen LogP contribution in [0.4, 0.5) is 0 Å². The topological polar surface area (TPSA) is 89.8 Å². The molecule has 0 saturated heterocycles. The molecule has 0 aromatic carbocycles. The van der Waals surface area contributed by atoms with E-state index in [0.717, 1.165) is 11.9 Å². The molecule has 0 aliphatic heterocycles. The van der Waals surface area contributed by atoms with Gasteiger partial charge < -0.3 is 25.4 Å². The Bertz CT molecular complexity index is 229. The fourth-order valence-electron chi connectivity index (χ4n) is 1.45. The lowest BCUT2D eigenvalue weighted by Gasteiger charge is -2.27. The van der Waals surface area contributed by atoms with Gasteiger partial charge in [0.25, 0.3) is 0 Å². The molecule has 0 saturated carbocycles. The van der Waals surface area contributed by atoms with E-state index in [4.69, 9.17) is 0 Å². The van der Waals surface area contributed by atoms with Crippen LogP contribution in [0.1, 0.15) is 6.42 Å². The van der Waals surface area contributed by atoms with Crippen molar-refractivity contribution in [1.29, 1.82) is 0 Å². The number of hydrogen-bond donors (Lipinski definition) is 4. The second-order valence-electron chi connectivity index (χ2n) is 3.38. The van der Waals surface area contributed by atoms with Crippen LogP contribution in [0.3, 0.4) is 0 Å². The van der Waals surface area contributed by atoms with Crippen LogP contribution in [0.15, 0.2) is 11.6 Å². The first-order chi connectivity index (χ1) is 6.65. The number of nitrogens with one attached hydrogen (secondary N) is 1. The zero-order chi connectivity index (χ0) is 10.6. The lowest BCUT2D eigenvalue weighted by atomic mass is 9.92. The predicted octanol–water partition coefficient (Wildman–Crippen LogP) is -1.81. The van der Waals surface area contributed by atoms with Gasteiger partial charge in [0.2, 0.25) is 0 Å². The molecule has 3 atom stereocenters. The first-order valence-corrected chi connectivity index (χ1v) is 4.53. The maximum absolute atomic E-state index is 10.0. The fraction of sp³-hybridized carbons (Fsp3) is 0.667. The summed E-state index contributed by atoms with van der Waals surface area (Å²) in [5, 5.41) is 30.7. The standard InChI is InChI=1S/C9H15NO4/c11-2-1-10-5-6-3-7(12)9(14)8(13)4-6/h2-3,7-10,12-14H,1,4-5H2. The highest BCUT2D eigenvalue weighted by molar-refractivity contribution is 5.51. The molecule has 0 aromatic rings. The van der Waals surface area contributed by atoms with Crippen LogP contribution < -0.4 is 5.32 Å². The summed E-state index contributed by atoms with van der Waals surface area (Å²) in [6.45, 7) is 0.686. The molecular weight excluding hydrogens is 186 g/mol. The van der Waals surface area contributed by atoms with Crippen molar-refractivity contribution < 1.29 is 20.1 Å². The van der Waals surface area contributed by atoms with Crippen molar-refractivity contribution in [3.05, 3.63) is 11.6 Å². The SMILES string of the molecule is O=CCNCC1=CC(O)C(O)C(O)C1. The Morgan fingerprint density at radius 3 is 2.79 bits per heavy atom. The highest BCUT2D eigenvalue weighted by Crippen LogP contribution is 2.18. The smallest absolute Gasteiger partial charge is 0.133 e. The van der Waals surface area contributed by atoms with Crippen LogP contribution in [0.2, 0.25) is 0 Å². The molecule has 0 amide bonds. The second-order valence-corrected chi connectivity index (χ2v) is 3.38. The number of aldehydes is 1. The molecule has 0 fully saturated rings. The van der Waals surface area contributed by atoms with Gasteiger partial charge in [-0.25, -0.2) is 0 Å². The number of aliphatic hydroxyl groups is 3. The molecule has 5 nitrogen and oxygen atoms in total.